The number of oxime groups is 1. The van der Waals surface area contributed by atoms with Gasteiger partial charge in [0.1, 0.15) is 12.7 Å². The number of hydrogen-bond donors (Lipinski definition) is 3. The summed E-state index contributed by atoms with van der Waals surface area (Å²) >= 11 is 0. The number of halogens is 3. The number of carboxylic acids is 1. The fourth-order valence-corrected chi connectivity index (χ4v) is 4.54. The molecule has 1 aliphatic heterocycles. The number of rotatable bonds is 7. The van der Waals surface area contributed by atoms with Crippen molar-refractivity contribution in [1.82, 2.24) is 19.9 Å². The molecule has 14 heteroatoms. The van der Waals surface area contributed by atoms with Crippen LogP contribution in [0.2, 0.25) is 0 Å². The van der Waals surface area contributed by atoms with E-state index in [1.807, 2.05) is 6.92 Å². The molecule has 0 radical (unpaired) electrons. The number of aromatic carboxylic acids is 1. The smallest absolute Gasteiger partial charge is 0.341 e. The number of nitrogens with two attached hydrogens (primary N) is 1. The van der Waals surface area contributed by atoms with Crippen molar-refractivity contribution in [1.29, 1.82) is 0 Å². The van der Waals surface area contributed by atoms with Crippen LogP contribution in [0.4, 0.5) is 24.8 Å². The summed E-state index contributed by atoms with van der Waals surface area (Å²) in [7, 11) is 1.41. The highest BCUT2D eigenvalue weighted by Crippen LogP contribution is 2.34. The molecule has 0 bridgehead atoms. The minimum absolute atomic E-state index is 0.152. The maximum Gasteiger partial charge on any atom is 0.341 e. The topological polar surface area (TPSA) is 148 Å². The summed E-state index contributed by atoms with van der Waals surface area (Å²) in [6.07, 6.45) is 2.95. The van der Waals surface area contributed by atoms with Gasteiger partial charge in [-0.15, -0.1) is 0 Å². The van der Waals surface area contributed by atoms with Crippen molar-refractivity contribution in [2.45, 2.75) is 25.8 Å². The second kappa shape index (κ2) is 9.28. The molecule has 1 saturated heterocycles. The van der Waals surface area contributed by atoms with Gasteiger partial charge in [-0.05, 0) is 18.9 Å². The molecule has 2 fully saturated rings. The standard InChI is InChI=1S/C24H24F3N7O4/c1-24(9-29-11-3-4-11)10-33(8-17(24)32-38-2)21-15(26)5-12-18(35)13(23(36)37)7-34(20(12)31-21)22-16(27)6-14(25)19(28)30-22/h5-7,11,29H,3-4,8-10H2,1-2H3,(H2,28,30)(H,36,37)/b32-17-. The SMILES string of the molecule is CO/N=C1/CN(c2nc3c(cc2F)c(=O)c(C(=O)O)cn3-c2nc(N)c(F)cc2F)CC1(C)CNC1CC1. The van der Waals surface area contributed by atoms with E-state index in [1.165, 1.54) is 7.11 Å². The lowest BCUT2D eigenvalue weighted by Crippen LogP contribution is -2.39. The minimum atomic E-state index is -1.63. The second-order valence-electron chi connectivity index (χ2n) is 9.67. The van der Waals surface area contributed by atoms with Crippen molar-refractivity contribution in [3.63, 3.8) is 0 Å². The van der Waals surface area contributed by atoms with Crippen LogP contribution in [0.1, 0.15) is 30.1 Å². The molecule has 4 heterocycles. The van der Waals surface area contributed by atoms with Gasteiger partial charge in [0, 0.05) is 36.8 Å². The summed E-state index contributed by atoms with van der Waals surface area (Å²) in [5.74, 6) is -6.30. The zero-order chi connectivity index (χ0) is 27.4. The average molecular weight is 531 g/mol. The molecule has 3 aromatic rings. The van der Waals surface area contributed by atoms with E-state index in [9.17, 15) is 23.5 Å². The Labute approximate surface area is 213 Å². The molecule has 0 aromatic carbocycles. The zero-order valence-corrected chi connectivity index (χ0v) is 20.5. The maximum atomic E-state index is 15.5. The number of fused-ring (bicyclic) bond motifs is 1. The Morgan fingerprint density at radius 1 is 1.24 bits per heavy atom. The molecule has 200 valence electrons. The van der Waals surface area contributed by atoms with Crippen LogP contribution in [0.15, 0.2) is 28.3 Å². The normalized spacial score (nSPS) is 20.4. The summed E-state index contributed by atoms with van der Waals surface area (Å²) in [6.45, 7) is 2.95. The Morgan fingerprint density at radius 2 is 1.95 bits per heavy atom. The van der Waals surface area contributed by atoms with Gasteiger partial charge in [-0.2, -0.15) is 0 Å². The third kappa shape index (κ3) is 4.40. The molecule has 0 amide bonds. The molecular formula is C24H24F3N7O4. The van der Waals surface area contributed by atoms with Crippen LogP contribution >= 0.6 is 0 Å². The number of carbonyl (C=O) groups is 1. The van der Waals surface area contributed by atoms with Gasteiger partial charge in [0.25, 0.3) is 0 Å². The van der Waals surface area contributed by atoms with Crippen LogP contribution < -0.4 is 21.4 Å². The summed E-state index contributed by atoms with van der Waals surface area (Å²) in [4.78, 5) is 39.2. The van der Waals surface area contributed by atoms with Gasteiger partial charge in [-0.25, -0.2) is 27.9 Å². The van der Waals surface area contributed by atoms with E-state index >= 15 is 4.39 Å². The molecule has 11 nitrogen and oxygen atoms in total. The fraction of sp³-hybridized carbons (Fsp3) is 0.375. The Kier molecular flexibility index (Phi) is 6.21. The monoisotopic (exact) mass is 531 g/mol. The van der Waals surface area contributed by atoms with Crippen molar-refractivity contribution >= 4 is 34.4 Å². The van der Waals surface area contributed by atoms with Crippen LogP contribution in [-0.4, -0.2) is 64.1 Å². The fourth-order valence-electron chi connectivity index (χ4n) is 4.54. The second-order valence-corrected chi connectivity index (χ2v) is 9.67. The molecule has 2 aliphatic rings. The molecule has 1 aliphatic carbocycles. The van der Waals surface area contributed by atoms with E-state index in [0.29, 0.717) is 24.4 Å². The van der Waals surface area contributed by atoms with Gasteiger partial charge in [-0.3, -0.25) is 9.36 Å². The lowest BCUT2D eigenvalue weighted by atomic mass is 9.88. The van der Waals surface area contributed by atoms with Crippen LogP contribution in [-0.2, 0) is 4.84 Å². The van der Waals surface area contributed by atoms with E-state index in [0.717, 1.165) is 29.7 Å². The van der Waals surface area contributed by atoms with Crippen molar-refractivity contribution in [2.75, 3.05) is 37.4 Å². The Bertz CT molecular complexity index is 1560. The largest absolute Gasteiger partial charge is 0.477 e. The Balaban J connectivity index is 1.68. The number of anilines is 2. The molecule has 5 rings (SSSR count). The van der Waals surface area contributed by atoms with Crippen LogP contribution in [0.25, 0.3) is 16.9 Å². The summed E-state index contributed by atoms with van der Waals surface area (Å²) in [6, 6.07) is 1.74. The van der Waals surface area contributed by atoms with E-state index in [-0.39, 0.29) is 24.6 Å². The predicted octanol–water partition coefficient (Wildman–Crippen LogP) is 2.06. The zero-order valence-electron chi connectivity index (χ0n) is 20.5. The Morgan fingerprint density at radius 3 is 2.61 bits per heavy atom. The minimum Gasteiger partial charge on any atom is -0.477 e. The third-order valence-electron chi connectivity index (χ3n) is 6.75. The predicted molar refractivity (Wildman–Crippen MR) is 132 cm³/mol. The molecule has 1 atom stereocenters. The van der Waals surface area contributed by atoms with Crippen molar-refractivity contribution < 1.29 is 27.9 Å². The van der Waals surface area contributed by atoms with Gasteiger partial charge in [0.2, 0.25) is 5.43 Å². The molecule has 3 aromatic heterocycles. The number of hydrogen-bond acceptors (Lipinski definition) is 9. The van der Waals surface area contributed by atoms with Crippen LogP contribution in [0.3, 0.4) is 0 Å². The highest BCUT2D eigenvalue weighted by molar-refractivity contribution is 5.97. The molecule has 1 saturated carbocycles. The highest BCUT2D eigenvalue weighted by Gasteiger charge is 2.43. The first kappa shape index (κ1) is 25.4. The van der Waals surface area contributed by atoms with Gasteiger partial charge in [0.15, 0.2) is 40.6 Å². The van der Waals surface area contributed by atoms with Crippen molar-refractivity contribution in [3.05, 3.63) is 51.6 Å². The first-order valence-corrected chi connectivity index (χ1v) is 11.7. The molecule has 38 heavy (non-hydrogen) atoms. The number of pyridine rings is 3. The average Bonchev–Trinajstić information content (AvgIpc) is 3.64. The van der Waals surface area contributed by atoms with Gasteiger partial charge in [0.05, 0.1) is 17.6 Å². The van der Waals surface area contributed by atoms with Crippen molar-refractivity contribution in [3.8, 4) is 5.82 Å². The number of aromatic nitrogens is 3. The van der Waals surface area contributed by atoms with Gasteiger partial charge >= 0.3 is 5.97 Å². The summed E-state index contributed by atoms with van der Waals surface area (Å²) < 4.78 is 44.9. The molecule has 4 N–H and O–H groups in total. The summed E-state index contributed by atoms with van der Waals surface area (Å²) in [5, 5.41) is 16.7. The molecular weight excluding hydrogens is 507 g/mol. The maximum absolute atomic E-state index is 15.5. The number of nitrogen functional groups attached to an aromatic ring is 1. The lowest BCUT2D eigenvalue weighted by Gasteiger charge is -2.25. The van der Waals surface area contributed by atoms with Gasteiger partial charge in [-0.1, -0.05) is 12.1 Å². The highest BCUT2D eigenvalue weighted by atomic mass is 19.1. The Hall–Kier alpha value is -4.20. The molecule has 0 spiro atoms. The van der Waals surface area contributed by atoms with Crippen LogP contribution in [0, 0.1) is 22.9 Å². The number of carboxylic acid groups (broad SMARTS) is 1. The quantitative estimate of drug-likeness (QED) is 0.390. The van der Waals surface area contributed by atoms with Gasteiger partial charge < -0.3 is 25.9 Å². The van der Waals surface area contributed by atoms with E-state index in [2.05, 4.69) is 20.4 Å². The van der Waals surface area contributed by atoms with E-state index in [4.69, 9.17) is 10.6 Å². The lowest BCUT2D eigenvalue weighted by molar-refractivity contribution is 0.0695. The molecule has 1 unspecified atom stereocenters. The van der Waals surface area contributed by atoms with E-state index in [1.54, 1.807) is 4.90 Å². The van der Waals surface area contributed by atoms with Crippen molar-refractivity contribution in [2.24, 2.45) is 10.6 Å². The summed E-state index contributed by atoms with van der Waals surface area (Å²) in [5.41, 5.74) is 3.52. The third-order valence-corrected chi connectivity index (χ3v) is 6.75. The first-order valence-electron chi connectivity index (χ1n) is 11.7. The number of nitrogens with one attached hydrogen (secondary N) is 1. The number of nitrogens with zero attached hydrogens (tertiary/aromatic N) is 5. The van der Waals surface area contributed by atoms with E-state index < -0.39 is 56.9 Å². The first-order chi connectivity index (χ1) is 18.0. The van der Waals surface area contributed by atoms with Crippen LogP contribution in [0.5, 0.6) is 0 Å².